The number of carbonyl (C=O) groups excluding carboxylic acids is 1. The van der Waals surface area contributed by atoms with Gasteiger partial charge in [0.2, 0.25) is 5.43 Å². The summed E-state index contributed by atoms with van der Waals surface area (Å²) in [5.74, 6) is -1.73. The molecule has 9 nitrogen and oxygen atoms in total. The van der Waals surface area contributed by atoms with Crippen LogP contribution in [0, 0.1) is 11.7 Å². The lowest BCUT2D eigenvalue weighted by Crippen LogP contribution is -2.42. The summed E-state index contributed by atoms with van der Waals surface area (Å²) >= 11 is 0. The molecular weight excluding hydrogens is 457 g/mol. The van der Waals surface area contributed by atoms with Crippen LogP contribution in [0.5, 0.6) is 5.75 Å². The minimum atomic E-state index is -1.34. The molecule has 2 fully saturated rings. The Bertz CT molecular complexity index is 1230. The van der Waals surface area contributed by atoms with E-state index >= 15 is 4.39 Å². The van der Waals surface area contributed by atoms with E-state index in [1.165, 1.54) is 13.3 Å². The summed E-state index contributed by atoms with van der Waals surface area (Å²) < 4.78 is 28.2. The van der Waals surface area contributed by atoms with Crippen molar-refractivity contribution in [3.05, 3.63) is 33.9 Å². The van der Waals surface area contributed by atoms with Gasteiger partial charge in [0.25, 0.3) is 0 Å². The van der Waals surface area contributed by atoms with Gasteiger partial charge < -0.3 is 29.4 Å². The molecule has 1 aliphatic carbocycles. The Morgan fingerprint density at radius 3 is 2.51 bits per heavy atom. The summed E-state index contributed by atoms with van der Waals surface area (Å²) in [7, 11) is 1.42. The van der Waals surface area contributed by atoms with E-state index < -0.39 is 28.9 Å². The average molecular weight is 490 g/mol. The number of fused-ring (bicyclic) bond motifs is 1. The fourth-order valence-electron chi connectivity index (χ4n) is 4.73. The SMILES string of the molecule is COc1c(N2CC[C@H]([C@@H](C)NC(=O)OC(C)(C)C)C2)c(F)cc2c(=O)c(C(=O)O)cn(C3CC3)c12. The molecule has 1 amide bonds. The fourth-order valence-corrected chi connectivity index (χ4v) is 4.73. The third-order valence-corrected chi connectivity index (χ3v) is 6.57. The molecule has 2 aromatic rings. The second-order valence-corrected chi connectivity index (χ2v) is 10.4. The lowest BCUT2D eigenvalue weighted by Gasteiger charge is -2.27. The summed E-state index contributed by atoms with van der Waals surface area (Å²) in [5.41, 5.74) is -1.08. The lowest BCUT2D eigenvalue weighted by molar-refractivity contribution is 0.0494. The van der Waals surface area contributed by atoms with Crippen molar-refractivity contribution in [2.45, 2.75) is 64.6 Å². The molecule has 0 radical (unpaired) electrons. The van der Waals surface area contributed by atoms with Crippen LogP contribution in [0.3, 0.4) is 0 Å². The molecule has 0 bridgehead atoms. The van der Waals surface area contributed by atoms with Crippen LogP contribution in [0.2, 0.25) is 0 Å². The summed E-state index contributed by atoms with van der Waals surface area (Å²) in [6.45, 7) is 8.28. The smallest absolute Gasteiger partial charge is 0.407 e. The highest BCUT2D eigenvalue weighted by molar-refractivity contribution is 5.97. The third-order valence-electron chi connectivity index (χ3n) is 6.57. The first-order valence-electron chi connectivity index (χ1n) is 11.8. The third kappa shape index (κ3) is 4.92. The molecule has 10 heteroatoms. The monoisotopic (exact) mass is 489 g/mol. The van der Waals surface area contributed by atoms with E-state index in [2.05, 4.69) is 5.32 Å². The molecule has 1 aliphatic heterocycles. The number of alkyl carbamates (subject to hydrolysis) is 1. The zero-order chi connectivity index (χ0) is 25.7. The number of halogens is 1. The normalized spacial score (nSPS) is 19.0. The van der Waals surface area contributed by atoms with E-state index in [0.717, 1.165) is 18.9 Å². The standard InChI is InChI=1S/C25H32FN3O6/c1-13(27-24(33)35-25(2,3)4)14-8-9-28(11-14)20-18(26)10-16-19(22(20)34-5)29(15-6-7-15)12-17(21(16)30)23(31)32/h10,12-15H,6-9,11H2,1-5H3,(H,27,33)(H,31,32)/t13-,14+/m1/s1. The molecular formula is C25H32FN3O6. The number of aromatic carboxylic acids is 1. The zero-order valence-corrected chi connectivity index (χ0v) is 20.7. The first-order valence-corrected chi connectivity index (χ1v) is 11.8. The predicted molar refractivity (Wildman–Crippen MR) is 129 cm³/mol. The number of carbonyl (C=O) groups is 2. The predicted octanol–water partition coefficient (Wildman–Crippen LogP) is 3.92. The highest BCUT2D eigenvalue weighted by atomic mass is 19.1. The highest BCUT2D eigenvalue weighted by Gasteiger charge is 2.35. The average Bonchev–Trinajstić information content (AvgIpc) is 3.47. The number of carboxylic acid groups (broad SMARTS) is 1. The van der Waals surface area contributed by atoms with Gasteiger partial charge in [-0.05, 0) is 58.9 Å². The Hall–Kier alpha value is -3.30. The van der Waals surface area contributed by atoms with E-state index in [9.17, 15) is 19.5 Å². The number of anilines is 1. The van der Waals surface area contributed by atoms with E-state index in [1.54, 1.807) is 25.3 Å². The molecule has 4 rings (SSSR count). The molecule has 2 N–H and O–H groups in total. The minimum Gasteiger partial charge on any atom is -0.492 e. The number of rotatable bonds is 6. The molecule has 1 aromatic carbocycles. The topological polar surface area (TPSA) is 110 Å². The number of amides is 1. The van der Waals surface area contributed by atoms with E-state index in [1.807, 2.05) is 11.8 Å². The van der Waals surface area contributed by atoms with Crippen molar-refractivity contribution in [2.75, 3.05) is 25.1 Å². The quantitative estimate of drug-likeness (QED) is 0.633. The Morgan fingerprint density at radius 2 is 1.94 bits per heavy atom. The Kier molecular flexibility index (Phi) is 6.42. The van der Waals surface area contributed by atoms with Crippen molar-refractivity contribution in [3.8, 4) is 5.75 Å². The number of aromatic nitrogens is 1. The summed E-state index contributed by atoms with van der Waals surface area (Å²) in [6, 6.07) is 0.955. The van der Waals surface area contributed by atoms with E-state index in [-0.39, 0.29) is 40.4 Å². The van der Waals surface area contributed by atoms with Crippen LogP contribution in [0.25, 0.3) is 10.9 Å². The Morgan fingerprint density at radius 1 is 1.26 bits per heavy atom. The maximum atomic E-state index is 15.5. The lowest BCUT2D eigenvalue weighted by atomic mass is 10.0. The molecule has 0 unspecified atom stereocenters. The van der Waals surface area contributed by atoms with Crippen molar-refractivity contribution in [2.24, 2.45) is 5.92 Å². The van der Waals surface area contributed by atoms with Crippen LogP contribution < -0.4 is 20.4 Å². The number of carboxylic acids is 1. The van der Waals surface area contributed by atoms with Crippen LogP contribution in [-0.4, -0.2) is 53.6 Å². The molecule has 1 saturated carbocycles. The van der Waals surface area contributed by atoms with Crippen molar-refractivity contribution < 1.29 is 28.6 Å². The molecule has 2 atom stereocenters. The van der Waals surface area contributed by atoms with Gasteiger partial charge in [-0.2, -0.15) is 0 Å². The molecule has 1 aromatic heterocycles. The van der Waals surface area contributed by atoms with Gasteiger partial charge in [-0.1, -0.05) is 0 Å². The highest BCUT2D eigenvalue weighted by Crippen LogP contribution is 2.44. The largest absolute Gasteiger partial charge is 0.492 e. The van der Waals surface area contributed by atoms with Crippen molar-refractivity contribution in [1.29, 1.82) is 0 Å². The Labute approximate surface area is 202 Å². The maximum absolute atomic E-state index is 15.5. The van der Waals surface area contributed by atoms with Crippen molar-refractivity contribution >= 4 is 28.7 Å². The molecule has 2 heterocycles. The van der Waals surface area contributed by atoms with Crippen LogP contribution in [0.15, 0.2) is 17.1 Å². The van der Waals surface area contributed by atoms with Gasteiger partial charge in [-0.15, -0.1) is 0 Å². The van der Waals surface area contributed by atoms with Crippen LogP contribution in [-0.2, 0) is 4.74 Å². The molecule has 0 spiro atoms. The van der Waals surface area contributed by atoms with Crippen LogP contribution in [0.4, 0.5) is 14.9 Å². The number of benzene rings is 1. The molecule has 2 aliphatic rings. The zero-order valence-electron chi connectivity index (χ0n) is 20.7. The van der Waals surface area contributed by atoms with Gasteiger partial charge in [0.05, 0.1) is 18.0 Å². The number of ether oxygens (including phenoxy) is 2. The fraction of sp³-hybridized carbons (Fsp3) is 0.560. The second kappa shape index (κ2) is 9.05. The second-order valence-electron chi connectivity index (χ2n) is 10.4. The van der Waals surface area contributed by atoms with Crippen molar-refractivity contribution in [3.63, 3.8) is 0 Å². The Balaban J connectivity index is 1.69. The van der Waals surface area contributed by atoms with Gasteiger partial charge in [0.1, 0.15) is 16.9 Å². The summed E-state index contributed by atoms with van der Waals surface area (Å²) in [4.78, 5) is 38.6. The minimum absolute atomic E-state index is 0.00870. The number of methoxy groups -OCH3 is 1. The maximum Gasteiger partial charge on any atom is 0.407 e. The van der Waals surface area contributed by atoms with Crippen LogP contribution in [0.1, 0.15) is 63.4 Å². The number of nitrogens with one attached hydrogen (secondary N) is 1. The molecule has 1 saturated heterocycles. The van der Waals surface area contributed by atoms with Gasteiger partial charge in [0, 0.05) is 31.4 Å². The number of hydrogen-bond acceptors (Lipinski definition) is 6. The summed E-state index contributed by atoms with van der Waals surface area (Å²) in [5, 5.41) is 12.4. The van der Waals surface area contributed by atoms with E-state index in [4.69, 9.17) is 9.47 Å². The van der Waals surface area contributed by atoms with Gasteiger partial charge >= 0.3 is 12.1 Å². The molecule has 190 valence electrons. The summed E-state index contributed by atoms with van der Waals surface area (Å²) in [6.07, 6.45) is 3.24. The van der Waals surface area contributed by atoms with Crippen LogP contribution >= 0.6 is 0 Å². The first-order chi connectivity index (χ1) is 16.4. The number of pyridine rings is 1. The van der Waals surface area contributed by atoms with Crippen molar-refractivity contribution in [1.82, 2.24) is 9.88 Å². The van der Waals surface area contributed by atoms with Gasteiger partial charge in [-0.3, -0.25) is 4.79 Å². The van der Waals surface area contributed by atoms with E-state index in [0.29, 0.717) is 25.0 Å². The number of hydrogen-bond donors (Lipinski definition) is 2. The number of nitrogens with zero attached hydrogens (tertiary/aromatic N) is 2. The van der Waals surface area contributed by atoms with Gasteiger partial charge in [0.15, 0.2) is 11.6 Å². The van der Waals surface area contributed by atoms with Gasteiger partial charge in [-0.25, -0.2) is 14.0 Å². The first kappa shape index (κ1) is 24.8. The molecule has 35 heavy (non-hydrogen) atoms.